The standard InChI is InChI=1S/C9H13F3N6O.C2H6/c1-15-3-5(18-14)4-19-7-2-6(9(10,11)12)16-8(13)17-7;1-2/h2-3,15,18H,4,14H2,1H3,(H2,13,16,17);1-2H3/b5-3-;. The highest BCUT2D eigenvalue weighted by Crippen LogP contribution is 2.29. The van der Waals surface area contributed by atoms with Gasteiger partial charge in [-0.05, 0) is 0 Å². The molecule has 0 bridgehead atoms. The summed E-state index contributed by atoms with van der Waals surface area (Å²) in [5.74, 6) is 4.36. The lowest BCUT2D eigenvalue weighted by atomic mass is 10.4. The summed E-state index contributed by atoms with van der Waals surface area (Å²) in [6.45, 7) is 3.89. The van der Waals surface area contributed by atoms with Gasteiger partial charge >= 0.3 is 6.18 Å². The van der Waals surface area contributed by atoms with Gasteiger partial charge in [-0.3, -0.25) is 5.84 Å². The van der Waals surface area contributed by atoms with E-state index in [1.54, 1.807) is 7.05 Å². The van der Waals surface area contributed by atoms with Crippen molar-refractivity contribution in [3.05, 3.63) is 23.7 Å². The first kappa shape index (κ1) is 18.8. The molecule has 10 heteroatoms. The molecule has 0 atom stereocenters. The van der Waals surface area contributed by atoms with Gasteiger partial charge in [0.05, 0.1) is 5.70 Å². The second-order valence-corrected chi connectivity index (χ2v) is 3.34. The minimum Gasteiger partial charge on any atom is -0.471 e. The van der Waals surface area contributed by atoms with Crippen molar-refractivity contribution in [2.75, 3.05) is 19.4 Å². The van der Waals surface area contributed by atoms with Gasteiger partial charge in [-0.25, -0.2) is 4.98 Å². The highest BCUT2D eigenvalue weighted by Gasteiger charge is 2.33. The van der Waals surface area contributed by atoms with Crippen LogP contribution in [-0.2, 0) is 6.18 Å². The molecule has 0 radical (unpaired) electrons. The molecule has 0 aliphatic heterocycles. The molecule has 1 aromatic heterocycles. The molecule has 0 saturated carbocycles. The zero-order valence-corrected chi connectivity index (χ0v) is 12.0. The molecule has 0 aliphatic rings. The van der Waals surface area contributed by atoms with Crippen LogP contribution in [0.15, 0.2) is 18.0 Å². The summed E-state index contributed by atoms with van der Waals surface area (Å²) in [5.41, 5.74) is 6.73. The number of ether oxygens (including phenoxy) is 1. The van der Waals surface area contributed by atoms with Crippen LogP contribution in [0.1, 0.15) is 19.5 Å². The molecule has 1 aromatic rings. The number of rotatable bonds is 5. The summed E-state index contributed by atoms with van der Waals surface area (Å²) < 4.78 is 42.5. The molecule has 0 amide bonds. The van der Waals surface area contributed by atoms with Gasteiger partial charge in [0.15, 0.2) is 5.69 Å². The number of nitrogen functional groups attached to an aromatic ring is 1. The van der Waals surface area contributed by atoms with Crippen molar-refractivity contribution in [1.82, 2.24) is 20.7 Å². The van der Waals surface area contributed by atoms with Crippen molar-refractivity contribution in [3.63, 3.8) is 0 Å². The molecule has 7 nitrogen and oxygen atoms in total. The van der Waals surface area contributed by atoms with E-state index in [9.17, 15) is 13.2 Å². The van der Waals surface area contributed by atoms with Crippen molar-refractivity contribution >= 4 is 5.95 Å². The number of hydrogen-bond acceptors (Lipinski definition) is 7. The highest BCUT2D eigenvalue weighted by molar-refractivity contribution is 5.27. The molecular weight excluding hydrogens is 289 g/mol. The molecule has 0 saturated heterocycles. The molecule has 6 N–H and O–H groups in total. The fraction of sp³-hybridized carbons (Fsp3) is 0.455. The van der Waals surface area contributed by atoms with Gasteiger partial charge in [-0.15, -0.1) is 0 Å². The van der Waals surface area contributed by atoms with Crippen molar-refractivity contribution in [3.8, 4) is 5.88 Å². The zero-order valence-electron chi connectivity index (χ0n) is 12.0. The maximum atomic E-state index is 12.5. The van der Waals surface area contributed by atoms with Crippen LogP contribution in [-0.4, -0.2) is 23.6 Å². The average molecular weight is 308 g/mol. The summed E-state index contributed by atoms with van der Waals surface area (Å²) in [6.07, 6.45) is -3.14. The molecule has 0 aliphatic carbocycles. The molecule has 0 aromatic carbocycles. The fourth-order valence-corrected chi connectivity index (χ4v) is 1.11. The van der Waals surface area contributed by atoms with Crippen LogP contribution >= 0.6 is 0 Å². The SMILES string of the molecule is CC.CN/C=C(/COc1cc(C(F)(F)F)nc(N)n1)NN. The summed E-state index contributed by atoms with van der Waals surface area (Å²) >= 11 is 0. The predicted octanol–water partition coefficient (Wildman–Crippen LogP) is 1.01. The predicted molar refractivity (Wildman–Crippen MR) is 72.8 cm³/mol. The number of alkyl halides is 3. The normalized spacial score (nSPS) is 11.3. The average Bonchev–Trinajstić information content (AvgIpc) is 2.44. The molecular formula is C11H19F3N6O. The van der Waals surface area contributed by atoms with Gasteiger partial charge < -0.3 is 21.2 Å². The first-order valence-electron chi connectivity index (χ1n) is 6.04. The molecule has 0 fully saturated rings. The number of anilines is 1. The maximum Gasteiger partial charge on any atom is 0.433 e. The number of hydrazine groups is 1. The van der Waals surface area contributed by atoms with Crippen LogP contribution in [0.2, 0.25) is 0 Å². The Morgan fingerprint density at radius 2 is 2.00 bits per heavy atom. The Hall–Kier alpha value is -2.23. The van der Waals surface area contributed by atoms with E-state index in [0.29, 0.717) is 11.8 Å². The summed E-state index contributed by atoms with van der Waals surface area (Å²) in [6, 6.07) is 0.657. The molecule has 120 valence electrons. The summed E-state index contributed by atoms with van der Waals surface area (Å²) in [5, 5.41) is 2.68. The lowest BCUT2D eigenvalue weighted by molar-refractivity contribution is -0.141. The zero-order chi connectivity index (χ0) is 16.5. The van der Waals surface area contributed by atoms with Crippen molar-refractivity contribution in [2.45, 2.75) is 20.0 Å². The van der Waals surface area contributed by atoms with Crippen LogP contribution in [0.25, 0.3) is 0 Å². The molecule has 21 heavy (non-hydrogen) atoms. The number of hydrogen-bond donors (Lipinski definition) is 4. The van der Waals surface area contributed by atoms with Crippen LogP contribution < -0.4 is 27.1 Å². The number of nitrogens with two attached hydrogens (primary N) is 2. The third-order valence-electron chi connectivity index (χ3n) is 1.89. The van der Waals surface area contributed by atoms with E-state index < -0.39 is 17.8 Å². The van der Waals surface area contributed by atoms with Gasteiger partial charge in [0.2, 0.25) is 11.8 Å². The number of nitrogens with one attached hydrogen (secondary N) is 2. The quantitative estimate of drug-likeness (QED) is 0.474. The number of aromatic nitrogens is 2. The monoisotopic (exact) mass is 308 g/mol. The van der Waals surface area contributed by atoms with Crippen LogP contribution in [0, 0.1) is 0 Å². The van der Waals surface area contributed by atoms with Crippen LogP contribution in [0.3, 0.4) is 0 Å². The molecule has 0 spiro atoms. The van der Waals surface area contributed by atoms with Gasteiger partial charge in [0, 0.05) is 19.3 Å². The Labute approximate surface area is 120 Å². The number of halogens is 3. The van der Waals surface area contributed by atoms with E-state index in [1.165, 1.54) is 6.20 Å². The Morgan fingerprint density at radius 1 is 1.38 bits per heavy atom. The number of nitrogens with zero attached hydrogens (tertiary/aromatic N) is 2. The van der Waals surface area contributed by atoms with E-state index in [2.05, 4.69) is 20.7 Å². The lowest BCUT2D eigenvalue weighted by Crippen LogP contribution is -2.27. The second-order valence-electron chi connectivity index (χ2n) is 3.34. The third-order valence-corrected chi connectivity index (χ3v) is 1.89. The fourth-order valence-electron chi connectivity index (χ4n) is 1.11. The van der Waals surface area contributed by atoms with Crippen molar-refractivity contribution < 1.29 is 17.9 Å². The highest BCUT2D eigenvalue weighted by atomic mass is 19.4. The van der Waals surface area contributed by atoms with Crippen molar-refractivity contribution in [1.29, 1.82) is 0 Å². The largest absolute Gasteiger partial charge is 0.471 e. The smallest absolute Gasteiger partial charge is 0.433 e. The van der Waals surface area contributed by atoms with E-state index in [0.717, 1.165) is 0 Å². The topological polar surface area (TPSA) is 111 Å². The first-order valence-corrected chi connectivity index (χ1v) is 6.04. The van der Waals surface area contributed by atoms with Gasteiger partial charge in [0.25, 0.3) is 0 Å². The summed E-state index contributed by atoms with van der Waals surface area (Å²) in [7, 11) is 1.63. The molecule has 1 rings (SSSR count). The van der Waals surface area contributed by atoms with Crippen LogP contribution in [0.4, 0.5) is 19.1 Å². The second kappa shape index (κ2) is 8.84. The third kappa shape index (κ3) is 6.65. The van der Waals surface area contributed by atoms with Gasteiger partial charge in [-0.2, -0.15) is 18.2 Å². The molecule has 0 unspecified atom stereocenters. The maximum absolute atomic E-state index is 12.5. The van der Waals surface area contributed by atoms with E-state index >= 15 is 0 Å². The van der Waals surface area contributed by atoms with E-state index in [4.69, 9.17) is 16.3 Å². The van der Waals surface area contributed by atoms with Crippen LogP contribution in [0.5, 0.6) is 5.88 Å². The van der Waals surface area contributed by atoms with E-state index in [-0.39, 0.29) is 12.5 Å². The molecule has 1 heterocycles. The van der Waals surface area contributed by atoms with Crippen molar-refractivity contribution in [2.24, 2.45) is 5.84 Å². The summed E-state index contributed by atoms with van der Waals surface area (Å²) in [4.78, 5) is 6.63. The Bertz CT molecular complexity index is 464. The van der Waals surface area contributed by atoms with Gasteiger partial charge in [-0.1, -0.05) is 13.8 Å². The first-order chi connectivity index (χ1) is 9.86. The Kier molecular flexibility index (Phi) is 7.91. The Morgan fingerprint density at radius 3 is 2.48 bits per heavy atom. The minimum atomic E-state index is -4.62. The van der Waals surface area contributed by atoms with E-state index in [1.807, 2.05) is 13.8 Å². The van der Waals surface area contributed by atoms with Gasteiger partial charge in [0.1, 0.15) is 6.61 Å². The lowest BCUT2D eigenvalue weighted by Gasteiger charge is -2.11. The minimum absolute atomic E-state index is 0.106. The Balaban J connectivity index is 0.00000191.